The average Bonchev–Trinajstić information content (AvgIpc) is 3.12. The van der Waals surface area contributed by atoms with Crippen LogP contribution >= 0.6 is 12.6 Å². The minimum absolute atomic E-state index is 0.0267. The largest absolute Gasteiger partial charge is 0.446 e. The molecule has 2 aromatic heterocycles. The molecule has 3 unspecified atom stereocenters. The number of amides is 1. The Morgan fingerprint density at radius 2 is 2.25 bits per heavy atom. The van der Waals surface area contributed by atoms with E-state index in [-0.39, 0.29) is 34.9 Å². The van der Waals surface area contributed by atoms with Crippen molar-refractivity contribution in [3.05, 3.63) is 24.2 Å². The first kappa shape index (κ1) is 21.5. The number of nitrogens with one attached hydrogen (secondary N) is 3. The number of thiol groups is 1. The Kier molecular flexibility index (Phi) is 5.53. The van der Waals surface area contributed by atoms with Gasteiger partial charge >= 0.3 is 6.09 Å². The number of nitrogens with zero attached hydrogens (tertiary/aromatic N) is 4. The van der Waals surface area contributed by atoms with E-state index in [9.17, 15) is 4.79 Å². The maximum absolute atomic E-state index is 12.2. The van der Waals surface area contributed by atoms with Crippen molar-refractivity contribution in [1.82, 2.24) is 30.8 Å². The molecule has 3 fully saturated rings. The van der Waals surface area contributed by atoms with Gasteiger partial charge in [-0.1, -0.05) is 6.92 Å². The second kappa shape index (κ2) is 8.22. The van der Waals surface area contributed by atoms with Crippen LogP contribution in [-0.2, 0) is 4.74 Å². The fraction of sp³-hybridized carbons (Fsp3) is 0.636. The lowest BCUT2D eigenvalue weighted by Crippen LogP contribution is -2.38. The predicted molar refractivity (Wildman–Crippen MR) is 125 cm³/mol. The van der Waals surface area contributed by atoms with Crippen LogP contribution in [-0.4, -0.2) is 44.2 Å². The van der Waals surface area contributed by atoms with Crippen LogP contribution in [0.1, 0.15) is 63.8 Å². The van der Waals surface area contributed by atoms with Gasteiger partial charge < -0.3 is 15.5 Å². The van der Waals surface area contributed by atoms with Crippen LogP contribution in [0.25, 0.3) is 5.52 Å². The molecule has 0 bridgehead atoms. The number of fused-ring (bicyclic) bond motifs is 1. The Labute approximate surface area is 193 Å². The van der Waals surface area contributed by atoms with Gasteiger partial charge in [0.25, 0.3) is 0 Å². The van der Waals surface area contributed by atoms with Crippen molar-refractivity contribution >= 4 is 35.9 Å². The summed E-state index contributed by atoms with van der Waals surface area (Å²) < 4.78 is 7.49. The van der Waals surface area contributed by atoms with Crippen molar-refractivity contribution in [2.24, 2.45) is 16.8 Å². The normalized spacial score (nSPS) is 30.9. The van der Waals surface area contributed by atoms with Crippen LogP contribution in [0.3, 0.4) is 0 Å². The zero-order chi connectivity index (χ0) is 22.5. The van der Waals surface area contributed by atoms with Crippen LogP contribution in [0.4, 0.5) is 10.6 Å². The topological polar surface area (TPSA) is 105 Å². The summed E-state index contributed by atoms with van der Waals surface area (Å²) in [5.74, 6) is 2.09. The quantitative estimate of drug-likeness (QED) is 0.514. The average molecular weight is 458 g/mol. The third-order valence-electron chi connectivity index (χ3n) is 6.99. The van der Waals surface area contributed by atoms with Crippen LogP contribution < -0.4 is 16.2 Å². The fourth-order valence-electron chi connectivity index (χ4n) is 4.70. The van der Waals surface area contributed by atoms with Gasteiger partial charge in [0, 0.05) is 35.1 Å². The van der Waals surface area contributed by atoms with Crippen LogP contribution in [0.2, 0.25) is 0 Å². The minimum Gasteiger partial charge on any atom is -0.446 e. The number of rotatable bonds is 5. The van der Waals surface area contributed by atoms with E-state index in [0.717, 1.165) is 49.2 Å². The summed E-state index contributed by atoms with van der Waals surface area (Å²) in [7, 11) is 0. The Morgan fingerprint density at radius 1 is 1.44 bits per heavy atom. The van der Waals surface area contributed by atoms with Gasteiger partial charge in [-0.2, -0.15) is 17.7 Å². The molecule has 0 radical (unpaired) electrons. The monoisotopic (exact) mass is 457 g/mol. The molecule has 172 valence electrons. The standard InChI is InChI=1S/C22H31N7O2S/c1-12-18(14-4-5-15(10-14)31-21(30)25-22(3)6-7-22)26-27-19(12)24-20-17-11-16(13(2)32)28-29(17)9-8-23-20/h8-9,11-15,18,26,32H,4-7,10H2,1-3H3,(H,25,30)(H,23,24,27)/t12?,13?,14-,15+,18?/m0/s1. The number of carbonyl (C=O) groups is 1. The highest BCUT2D eigenvalue weighted by atomic mass is 32.1. The van der Waals surface area contributed by atoms with Gasteiger partial charge in [0.15, 0.2) is 5.82 Å². The zero-order valence-corrected chi connectivity index (χ0v) is 19.6. The Balaban J connectivity index is 1.24. The summed E-state index contributed by atoms with van der Waals surface area (Å²) in [5.41, 5.74) is 8.38. The molecular formula is C22H31N7O2S. The van der Waals surface area contributed by atoms with Crippen LogP contribution in [0.15, 0.2) is 23.5 Å². The molecule has 5 atom stereocenters. The third-order valence-corrected chi connectivity index (χ3v) is 7.25. The summed E-state index contributed by atoms with van der Waals surface area (Å²) in [6.07, 6.45) is 8.07. The number of hydrogen-bond donors (Lipinski definition) is 4. The van der Waals surface area contributed by atoms with E-state index in [0.29, 0.717) is 11.7 Å². The van der Waals surface area contributed by atoms with Gasteiger partial charge in [-0.05, 0) is 57.9 Å². The summed E-state index contributed by atoms with van der Waals surface area (Å²) in [5, 5.41) is 7.57. The molecule has 5 rings (SSSR count). The van der Waals surface area contributed by atoms with Crippen molar-refractivity contribution in [2.45, 2.75) is 75.8 Å². The number of aromatic nitrogens is 3. The summed E-state index contributed by atoms with van der Waals surface area (Å²) in [6.45, 7) is 6.22. The summed E-state index contributed by atoms with van der Waals surface area (Å²) in [4.78, 5) is 21.5. The molecule has 10 heteroatoms. The zero-order valence-electron chi connectivity index (χ0n) is 18.7. The highest BCUT2D eigenvalue weighted by Gasteiger charge is 2.42. The Bertz CT molecular complexity index is 1050. The van der Waals surface area contributed by atoms with Crippen molar-refractivity contribution in [1.29, 1.82) is 0 Å². The molecule has 1 saturated heterocycles. The van der Waals surface area contributed by atoms with Gasteiger partial charge in [-0.25, -0.2) is 24.7 Å². The number of alkyl carbamates (subject to hydrolysis) is 1. The second-order valence-electron chi connectivity index (χ2n) is 9.69. The lowest BCUT2D eigenvalue weighted by Gasteiger charge is -2.21. The number of aliphatic imine (C=N–C) groups is 1. The molecule has 2 aromatic rings. The van der Waals surface area contributed by atoms with Gasteiger partial charge in [0.05, 0.1) is 5.69 Å². The molecule has 3 aliphatic rings. The van der Waals surface area contributed by atoms with Gasteiger partial charge in [0.1, 0.15) is 17.5 Å². The second-order valence-corrected chi connectivity index (χ2v) is 10.5. The van der Waals surface area contributed by atoms with E-state index in [2.05, 4.69) is 52.7 Å². The first-order valence-electron chi connectivity index (χ1n) is 11.4. The number of amidine groups is 1. The molecule has 1 aliphatic heterocycles. The first-order valence-corrected chi connectivity index (χ1v) is 11.9. The van der Waals surface area contributed by atoms with E-state index < -0.39 is 0 Å². The van der Waals surface area contributed by atoms with Crippen molar-refractivity contribution < 1.29 is 9.53 Å². The number of hydrazine groups is 1. The Hall–Kier alpha value is -2.33. The molecule has 3 N–H and O–H groups in total. The molecule has 2 aliphatic carbocycles. The maximum Gasteiger partial charge on any atom is 0.407 e. The predicted octanol–water partition coefficient (Wildman–Crippen LogP) is 3.31. The Morgan fingerprint density at radius 3 is 3.00 bits per heavy atom. The van der Waals surface area contributed by atoms with Gasteiger partial charge in [-0.15, -0.1) is 0 Å². The molecule has 0 aromatic carbocycles. The molecule has 1 amide bonds. The minimum atomic E-state index is -0.279. The van der Waals surface area contributed by atoms with Crippen LogP contribution in [0.5, 0.6) is 0 Å². The lowest BCUT2D eigenvalue weighted by atomic mass is 9.89. The maximum atomic E-state index is 12.2. The van der Waals surface area contributed by atoms with E-state index in [1.165, 1.54) is 0 Å². The van der Waals surface area contributed by atoms with E-state index in [1.54, 1.807) is 10.7 Å². The van der Waals surface area contributed by atoms with Gasteiger partial charge in [0.2, 0.25) is 0 Å². The number of carbonyl (C=O) groups excluding carboxylic acids is 1. The summed E-state index contributed by atoms with van der Waals surface area (Å²) in [6, 6.07) is 2.21. The van der Waals surface area contributed by atoms with Crippen molar-refractivity contribution in [3.8, 4) is 0 Å². The molecule has 0 spiro atoms. The molecule has 2 saturated carbocycles. The smallest absolute Gasteiger partial charge is 0.407 e. The van der Waals surface area contributed by atoms with E-state index in [1.807, 2.05) is 19.2 Å². The van der Waals surface area contributed by atoms with Crippen molar-refractivity contribution in [2.75, 3.05) is 0 Å². The van der Waals surface area contributed by atoms with Crippen molar-refractivity contribution in [3.63, 3.8) is 0 Å². The highest BCUT2D eigenvalue weighted by molar-refractivity contribution is 7.80. The lowest BCUT2D eigenvalue weighted by molar-refractivity contribution is 0.0937. The molecule has 9 nitrogen and oxygen atoms in total. The number of hydrogen-bond acceptors (Lipinski definition) is 7. The molecular weight excluding hydrogens is 426 g/mol. The molecule has 32 heavy (non-hydrogen) atoms. The van der Waals surface area contributed by atoms with E-state index in [4.69, 9.17) is 9.73 Å². The SMILES string of the molecule is CC(S)c1cc2c(N=C3NNC([C@H]4CC[C@@H](OC(=O)NC5(C)CC5)C4)C3C)nccn2n1. The van der Waals surface area contributed by atoms with Crippen LogP contribution in [0, 0.1) is 11.8 Å². The number of ether oxygens (including phenoxy) is 1. The highest BCUT2D eigenvalue weighted by Crippen LogP contribution is 2.37. The van der Waals surface area contributed by atoms with E-state index >= 15 is 0 Å². The first-order chi connectivity index (χ1) is 15.3. The van der Waals surface area contributed by atoms with Gasteiger partial charge in [-0.3, -0.25) is 0 Å². The summed E-state index contributed by atoms with van der Waals surface area (Å²) >= 11 is 4.49. The third kappa shape index (κ3) is 4.30. The molecule has 3 heterocycles. The fourth-order valence-corrected chi connectivity index (χ4v) is 4.83.